The fraction of sp³-hybridized carbons (Fsp3) is 0.875. The summed E-state index contributed by atoms with van der Waals surface area (Å²) in [5.41, 5.74) is 0. The summed E-state index contributed by atoms with van der Waals surface area (Å²) >= 11 is 0. The van der Waals surface area contributed by atoms with Crippen LogP contribution in [0.25, 0.3) is 0 Å². The van der Waals surface area contributed by atoms with Gasteiger partial charge < -0.3 is 25.0 Å². The quantitative estimate of drug-likeness (QED) is 0.577. The number of carboxylic acid groups (broad SMARTS) is 1. The molecule has 0 heterocycles. The summed E-state index contributed by atoms with van der Waals surface area (Å²) in [4.78, 5) is 10.3. The van der Waals surface area contributed by atoms with E-state index in [-0.39, 0.29) is 25.4 Å². The molecule has 0 amide bonds. The number of hydrogen-bond donors (Lipinski definition) is 2. The Morgan fingerprint density at radius 2 is 1.80 bits per heavy atom. The van der Waals surface area contributed by atoms with Gasteiger partial charge in [0.2, 0.25) is 0 Å². The third kappa shape index (κ3) is 20.2. The van der Waals surface area contributed by atoms with Crippen LogP contribution in [-0.2, 0) is 24.3 Å². The molecule has 0 rings (SSSR count). The smallest absolute Gasteiger partial charge is 0.832 e. The molecule has 15 heavy (non-hydrogen) atoms. The predicted molar refractivity (Wildman–Crippen MR) is 48.5 cm³/mol. The van der Waals surface area contributed by atoms with Crippen molar-refractivity contribution in [3.05, 3.63) is 0 Å². The van der Waals surface area contributed by atoms with E-state index in [0.29, 0.717) is 6.42 Å². The van der Waals surface area contributed by atoms with E-state index in [4.69, 9.17) is 15.1 Å². The van der Waals surface area contributed by atoms with E-state index in [0.717, 1.165) is 19.3 Å². The van der Waals surface area contributed by atoms with Crippen molar-refractivity contribution in [3.63, 3.8) is 0 Å². The predicted octanol–water partition coefficient (Wildman–Crippen LogP) is -1.73. The number of unbranched alkanes of at least 4 members (excludes halogenated alkanes) is 1. The zero-order valence-corrected chi connectivity index (χ0v) is 12.3. The SMILES string of the molecule is CCCCC(CC)C(=O)[O-].[O-]B(O)O.[Zn+2]. The maximum atomic E-state index is 10.3. The van der Waals surface area contributed by atoms with Crippen molar-refractivity contribution in [3.8, 4) is 0 Å². The van der Waals surface area contributed by atoms with Gasteiger partial charge >= 0.3 is 26.8 Å². The number of rotatable bonds is 5. The topological polar surface area (TPSA) is 104 Å². The van der Waals surface area contributed by atoms with Gasteiger partial charge in [-0.3, -0.25) is 0 Å². The maximum Gasteiger partial charge on any atom is 2.00 e. The Morgan fingerprint density at radius 3 is 2.00 bits per heavy atom. The zero-order valence-electron chi connectivity index (χ0n) is 9.31. The molecule has 0 spiro atoms. The standard InChI is InChI=1S/C8H16O2.BH2O3.Zn/c1-3-5-6-7(4-2)8(9)10;2-1(3)4;/h7H,3-6H2,1-2H3,(H,9,10);2-3H;/q;-1;+2/p-1. The van der Waals surface area contributed by atoms with Crippen LogP contribution in [0.1, 0.15) is 39.5 Å². The normalized spacial score (nSPS) is 10.5. The molecule has 0 aromatic heterocycles. The van der Waals surface area contributed by atoms with Gasteiger partial charge in [0.15, 0.2) is 0 Å². The van der Waals surface area contributed by atoms with E-state index >= 15 is 0 Å². The van der Waals surface area contributed by atoms with Gasteiger partial charge in [-0.05, 0) is 18.8 Å². The minimum atomic E-state index is -2.42. The van der Waals surface area contributed by atoms with Gasteiger partial charge in [-0.25, -0.2) is 0 Å². The summed E-state index contributed by atoms with van der Waals surface area (Å²) in [6.07, 6.45) is 3.52. The number of carbonyl (C=O) groups excluding carboxylic acids is 1. The molecule has 1 unspecified atom stereocenters. The van der Waals surface area contributed by atoms with Gasteiger partial charge in [-0.1, -0.05) is 26.7 Å². The Kier molecular flexibility index (Phi) is 19.1. The van der Waals surface area contributed by atoms with E-state index in [1.165, 1.54) is 0 Å². The van der Waals surface area contributed by atoms with Crippen LogP contribution in [0.4, 0.5) is 0 Å². The van der Waals surface area contributed by atoms with Crippen molar-refractivity contribution >= 4 is 13.3 Å². The number of aliphatic carboxylic acids is 1. The second-order valence-corrected chi connectivity index (χ2v) is 2.89. The van der Waals surface area contributed by atoms with Crippen molar-refractivity contribution in [1.82, 2.24) is 0 Å². The fourth-order valence-electron chi connectivity index (χ4n) is 0.939. The molecule has 0 aromatic rings. The Morgan fingerprint density at radius 1 is 1.40 bits per heavy atom. The van der Waals surface area contributed by atoms with E-state index in [1.54, 1.807) is 0 Å². The molecule has 2 N–H and O–H groups in total. The molecular weight excluding hydrogens is 252 g/mol. The number of carboxylic acids is 1. The second kappa shape index (κ2) is 14.0. The molecule has 0 aliphatic rings. The molecule has 84 valence electrons. The van der Waals surface area contributed by atoms with Crippen LogP contribution in [-0.4, -0.2) is 23.3 Å². The molecule has 7 heteroatoms. The van der Waals surface area contributed by atoms with E-state index in [9.17, 15) is 9.90 Å². The molecule has 0 aromatic carbocycles. The maximum absolute atomic E-state index is 10.3. The largest absolute Gasteiger partial charge is 2.00 e. The van der Waals surface area contributed by atoms with Crippen LogP contribution in [0.3, 0.4) is 0 Å². The molecular formula is C8H17BO5Zn. The summed E-state index contributed by atoms with van der Waals surface area (Å²) in [6, 6.07) is 0. The molecule has 1 atom stereocenters. The zero-order chi connectivity index (χ0) is 11.6. The Bertz CT molecular complexity index is 142. The van der Waals surface area contributed by atoms with Crippen LogP contribution >= 0.6 is 0 Å². The van der Waals surface area contributed by atoms with Gasteiger partial charge in [-0.15, -0.1) is 0 Å². The van der Waals surface area contributed by atoms with Crippen LogP contribution in [0.15, 0.2) is 0 Å². The third-order valence-electron chi connectivity index (χ3n) is 1.73. The average Bonchev–Trinajstić information content (AvgIpc) is 2.04. The third-order valence-corrected chi connectivity index (χ3v) is 1.73. The van der Waals surface area contributed by atoms with Crippen molar-refractivity contribution in [1.29, 1.82) is 0 Å². The van der Waals surface area contributed by atoms with Crippen molar-refractivity contribution in [2.45, 2.75) is 39.5 Å². The van der Waals surface area contributed by atoms with E-state index < -0.39 is 13.3 Å². The first-order chi connectivity index (χ1) is 6.45. The average molecular weight is 269 g/mol. The van der Waals surface area contributed by atoms with E-state index in [2.05, 4.69) is 6.92 Å². The first-order valence-corrected chi connectivity index (χ1v) is 4.68. The van der Waals surface area contributed by atoms with Crippen LogP contribution in [0.5, 0.6) is 0 Å². The Labute approximate surface area is 103 Å². The first kappa shape index (κ1) is 20.5. The van der Waals surface area contributed by atoms with Crippen LogP contribution in [0, 0.1) is 5.92 Å². The van der Waals surface area contributed by atoms with Gasteiger partial charge in [0.05, 0.1) is 0 Å². The summed E-state index contributed by atoms with van der Waals surface area (Å²) < 4.78 is 0. The molecule has 0 radical (unpaired) electrons. The summed E-state index contributed by atoms with van der Waals surface area (Å²) in [6.45, 7) is 3.94. The summed E-state index contributed by atoms with van der Waals surface area (Å²) in [7, 11) is -2.42. The molecule has 5 nitrogen and oxygen atoms in total. The van der Waals surface area contributed by atoms with Crippen LogP contribution in [0.2, 0.25) is 0 Å². The molecule has 0 aliphatic heterocycles. The second-order valence-electron chi connectivity index (χ2n) is 2.89. The van der Waals surface area contributed by atoms with E-state index in [1.807, 2.05) is 6.92 Å². The van der Waals surface area contributed by atoms with Crippen LogP contribution < -0.4 is 10.1 Å². The molecule has 0 saturated carbocycles. The summed E-state index contributed by atoms with van der Waals surface area (Å²) in [5.74, 6) is -1.11. The van der Waals surface area contributed by atoms with Gasteiger partial charge in [0, 0.05) is 5.97 Å². The molecule has 0 aliphatic carbocycles. The Hall–Kier alpha value is 0.0383. The minimum Gasteiger partial charge on any atom is -0.832 e. The number of carbonyl (C=O) groups is 1. The number of hydrogen-bond acceptors (Lipinski definition) is 5. The Balaban J connectivity index is -0.000000249. The molecule has 0 fully saturated rings. The van der Waals surface area contributed by atoms with Crippen molar-refractivity contribution in [2.75, 3.05) is 0 Å². The first-order valence-electron chi connectivity index (χ1n) is 4.68. The molecule has 0 saturated heterocycles. The van der Waals surface area contributed by atoms with Gasteiger partial charge in [0.25, 0.3) is 0 Å². The monoisotopic (exact) mass is 268 g/mol. The van der Waals surface area contributed by atoms with Gasteiger partial charge in [0.1, 0.15) is 0 Å². The minimum absolute atomic E-state index is 0. The van der Waals surface area contributed by atoms with Gasteiger partial charge in [-0.2, -0.15) is 0 Å². The fourth-order valence-corrected chi connectivity index (χ4v) is 0.939. The molecule has 0 bridgehead atoms. The van der Waals surface area contributed by atoms with Crippen molar-refractivity contribution in [2.24, 2.45) is 5.92 Å². The summed E-state index contributed by atoms with van der Waals surface area (Å²) in [5, 5.41) is 33.1. The van der Waals surface area contributed by atoms with Crippen molar-refractivity contribution < 1.29 is 44.5 Å².